The van der Waals surface area contributed by atoms with Gasteiger partial charge in [0.25, 0.3) is 0 Å². The minimum Gasteiger partial charge on any atom is -0.476 e. The molecular weight excluding hydrogens is 530 g/mol. The number of methoxy groups -OCH3 is 1. The molecule has 2 amide bonds. The van der Waals surface area contributed by atoms with E-state index in [1.165, 1.54) is 22.6 Å². The Morgan fingerprint density at radius 3 is 2.76 bits per heavy atom. The molecule has 2 aliphatic carbocycles. The van der Waals surface area contributed by atoms with E-state index in [2.05, 4.69) is 20.7 Å². The molecule has 2 fully saturated rings. The lowest BCUT2D eigenvalue weighted by molar-refractivity contribution is -0.123. The van der Waals surface area contributed by atoms with E-state index in [1.54, 1.807) is 18.2 Å². The molecule has 4 atom stereocenters. The number of rotatable bonds is 8. The standard InChI is InChI=1S/C27H33N9O5/c1-5-41-23-17-8-9-20(32-22(17)36(33-23)27(24(28)37)12-14(27)2)31-21-11-18-19(13-29-21)34(3)26(39)35(18)16-7-6-15(10-16)30-25(38)40-4/h8-9,11,13-16H,5-7,10,12H2,1-4H3,(H2,28,37)(H,30,38)(H,29,31,32)/t14-,15+,16+,27-/m0/s1/i3D3. The van der Waals surface area contributed by atoms with Gasteiger partial charge >= 0.3 is 11.8 Å². The van der Waals surface area contributed by atoms with E-state index in [9.17, 15) is 14.4 Å². The van der Waals surface area contributed by atoms with Crippen molar-refractivity contribution >= 4 is 45.7 Å². The van der Waals surface area contributed by atoms with Crippen LogP contribution in [-0.4, -0.2) is 60.6 Å². The first-order valence-electron chi connectivity index (χ1n) is 15.0. The largest absolute Gasteiger partial charge is 0.476 e. The Hall–Kier alpha value is -4.62. The molecule has 41 heavy (non-hydrogen) atoms. The van der Waals surface area contributed by atoms with Gasteiger partial charge in [-0.1, -0.05) is 6.92 Å². The third kappa shape index (κ3) is 4.24. The number of nitrogens with two attached hydrogens (primary N) is 1. The molecule has 4 aromatic rings. The number of ether oxygens (including phenoxy) is 2. The minimum atomic E-state index is -2.74. The molecule has 0 radical (unpaired) electrons. The monoisotopic (exact) mass is 566 g/mol. The van der Waals surface area contributed by atoms with Gasteiger partial charge in [0.05, 0.1) is 36.3 Å². The predicted octanol–water partition coefficient (Wildman–Crippen LogP) is 2.29. The smallest absolute Gasteiger partial charge is 0.407 e. The number of nitrogens with zero attached hydrogens (tertiary/aromatic N) is 6. The van der Waals surface area contributed by atoms with Crippen molar-refractivity contribution < 1.29 is 23.2 Å². The predicted molar refractivity (Wildman–Crippen MR) is 150 cm³/mol. The summed E-state index contributed by atoms with van der Waals surface area (Å²) in [6.07, 6.45) is 2.85. The molecule has 2 saturated carbocycles. The lowest BCUT2D eigenvalue weighted by atomic mass is 10.2. The zero-order valence-electron chi connectivity index (χ0n) is 25.9. The Morgan fingerprint density at radius 1 is 1.27 bits per heavy atom. The van der Waals surface area contributed by atoms with Gasteiger partial charge in [0, 0.05) is 29.2 Å². The Morgan fingerprint density at radius 2 is 2.07 bits per heavy atom. The van der Waals surface area contributed by atoms with Crippen LogP contribution in [0.2, 0.25) is 0 Å². The normalized spacial score (nSPS) is 25.0. The van der Waals surface area contributed by atoms with Crippen molar-refractivity contribution in [3.05, 3.63) is 34.9 Å². The number of hydrogen-bond acceptors (Lipinski definition) is 9. The summed E-state index contributed by atoms with van der Waals surface area (Å²) in [4.78, 5) is 46.9. The van der Waals surface area contributed by atoms with Gasteiger partial charge in [-0.15, -0.1) is 5.10 Å². The molecule has 216 valence electrons. The fraction of sp³-hybridized carbons (Fsp3) is 0.481. The van der Waals surface area contributed by atoms with Gasteiger partial charge in [-0.3, -0.25) is 13.9 Å². The summed E-state index contributed by atoms with van der Waals surface area (Å²) in [7, 11) is 1.28. The Kier molecular flexibility index (Phi) is 5.52. The first kappa shape index (κ1) is 23.1. The van der Waals surface area contributed by atoms with Crippen LogP contribution in [0.5, 0.6) is 5.88 Å². The number of pyridine rings is 2. The zero-order chi connectivity index (χ0) is 31.6. The molecule has 4 heterocycles. The van der Waals surface area contributed by atoms with E-state index in [4.69, 9.17) is 24.3 Å². The Balaban J connectivity index is 1.40. The number of fused-ring (bicyclic) bond motifs is 2. The van der Waals surface area contributed by atoms with Crippen LogP contribution in [0.4, 0.5) is 16.4 Å². The summed E-state index contributed by atoms with van der Waals surface area (Å²) in [5.41, 5.74) is 5.04. The number of primary amides is 1. The Labute approximate surface area is 239 Å². The maximum atomic E-state index is 13.5. The first-order chi connectivity index (χ1) is 20.9. The number of aryl methyl sites for hydroxylation is 1. The second kappa shape index (κ2) is 9.78. The van der Waals surface area contributed by atoms with Gasteiger partial charge < -0.3 is 25.8 Å². The number of anilines is 2. The van der Waals surface area contributed by atoms with E-state index < -0.39 is 30.2 Å². The fourth-order valence-corrected chi connectivity index (χ4v) is 5.93. The van der Waals surface area contributed by atoms with E-state index >= 15 is 0 Å². The maximum absolute atomic E-state index is 13.5. The van der Waals surface area contributed by atoms with Crippen LogP contribution in [0.25, 0.3) is 22.1 Å². The SMILES string of the molecule is [2H]C([2H])([2H])n1c(=O)n([C@@H]2CC[C@@H](NC(=O)OC)C2)c2cc(Nc3ccc4c(OCC)nn([C@@]5(C(N)=O)C[C@@H]5C)c4n3)ncc21. The molecule has 4 N–H and O–H groups in total. The average Bonchev–Trinajstić information content (AvgIpc) is 3.23. The van der Waals surface area contributed by atoms with Crippen molar-refractivity contribution in [3.63, 3.8) is 0 Å². The maximum Gasteiger partial charge on any atom is 0.407 e. The number of amides is 2. The third-order valence-corrected chi connectivity index (χ3v) is 8.15. The molecule has 2 aliphatic rings. The van der Waals surface area contributed by atoms with Crippen molar-refractivity contribution in [2.45, 2.75) is 57.2 Å². The lowest BCUT2D eigenvalue weighted by Gasteiger charge is -2.15. The molecule has 0 saturated heterocycles. The van der Waals surface area contributed by atoms with E-state index in [0.717, 1.165) is 4.57 Å². The number of hydrogen-bond donors (Lipinski definition) is 3. The van der Waals surface area contributed by atoms with Gasteiger partial charge in [-0.05, 0) is 50.7 Å². The first-order valence-corrected chi connectivity index (χ1v) is 13.5. The Bertz CT molecular complexity index is 1850. The van der Waals surface area contributed by atoms with Crippen molar-refractivity contribution in [1.82, 2.24) is 34.2 Å². The molecule has 0 aliphatic heterocycles. The number of nitrogens with one attached hydrogen (secondary N) is 2. The highest BCUT2D eigenvalue weighted by Crippen LogP contribution is 2.51. The molecule has 0 spiro atoms. The van der Waals surface area contributed by atoms with Gasteiger partial charge in [-0.25, -0.2) is 24.2 Å². The molecular formula is C27H33N9O5. The van der Waals surface area contributed by atoms with Crippen LogP contribution in [-0.2, 0) is 22.0 Å². The van der Waals surface area contributed by atoms with Gasteiger partial charge in [-0.2, -0.15) is 0 Å². The molecule has 0 unspecified atom stereocenters. The van der Waals surface area contributed by atoms with Crippen LogP contribution < -0.4 is 26.8 Å². The summed E-state index contributed by atoms with van der Waals surface area (Å²) in [6.45, 7) is 1.38. The van der Waals surface area contributed by atoms with Crippen molar-refractivity contribution in [3.8, 4) is 5.88 Å². The van der Waals surface area contributed by atoms with Crippen LogP contribution >= 0.6 is 0 Å². The average molecular weight is 567 g/mol. The fourth-order valence-electron chi connectivity index (χ4n) is 5.93. The minimum absolute atomic E-state index is 0.0305. The van der Waals surface area contributed by atoms with Crippen LogP contribution in [0.3, 0.4) is 0 Å². The molecule has 14 heteroatoms. The van der Waals surface area contributed by atoms with E-state index in [1.807, 2.05) is 13.8 Å². The van der Waals surface area contributed by atoms with Crippen molar-refractivity contribution in [1.29, 1.82) is 0 Å². The number of alkyl carbamates (subject to hydrolysis) is 1. The number of carbonyl (C=O) groups excluding carboxylic acids is 2. The summed E-state index contributed by atoms with van der Waals surface area (Å²) in [5.74, 6) is 0.485. The second-order valence-electron chi connectivity index (χ2n) is 10.6. The highest BCUT2D eigenvalue weighted by molar-refractivity contribution is 5.91. The second-order valence-corrected chi connectivity index (χ2v) is 10.6. The number of imidazole rings is 1. The highest BCUT2D eigenvalue weighted by Gasteiger charge is 2.60. The molecule has 0 aromatic carbocycles. The summed E-state index contributed by atoms with van der Waals surface area (Å²) in [6, 6.07) is 4.48. The van der Waals surface area contributed by atoms with Gasteiger partial charge in [0.15, 0.2) is 5.65 Å². The molecule has 4 aromatic heterocycles. The lowest BCUT2D eigenvalue weighted by Crippen LogP contribution is -2.36. The molecule has 0 bridgehead atoms. The van der Waals surface area contributed by atoms with Crippen molar-refractivity contribution in [2.75, 3.05) is 19.0 Å². The quantitative estimate of drug-likeness (QED) is 0.289. The van der Waals surface area contributed by atoms with Gasteiger partial charge in [0.2, 0.25) is 11.8 Å². The number of aromatic nitrogens is 6. The zero-order valence-corrected chi connectivity index (χ0v) is 22.9. The summed E-state index contributed by atoms with van der Waals surface area (Å²) in [5, 5.41) is 11.1. The third-order valence-electron chi connectivity index (χ3n) is 8.15. The van der Waals surface area contributed by atoms with Crippen molar-refractivity contribution in [2.24, 2.45) is 18.6 Å². The van der Waals surface area contributed by atoms with Gasteiger partial charge in [0.1, 0.15) is 17.2 Å². The topological polar surface area (TPSA) is 173 Å². The van der Waals surface area contributed by atoms with Crippen LogP contribution in [0, 0.1) is 5.92 Å². The molecule has 6 rings (SSSR count). The van der Waals surface area contributed by atoms with E-state index in [-0.39, 0.29) is 23.5 Å². The van der Waals surface area contributed by atoms with Crippen LogP contribution in [0.1, 0.15) is 49.7 Å². The van der Waals surface area contributed by atoms with Crippen LogP contribution in [0.15, 0.2) is 29.2 Å². The van der Waals surface area contributed by atoms with E-state index in [0.29, 0.717) is 66.4 Å². The number of carbonyl (C=O) groups is 2. The highest BCUT2D eigenvalue weighted by atomic mass is 16.5. The molecule has 14 nitrogen and oxygen atoms in total. The summed E-state index contributed by atoms with van der Waals surface area (Å²) < 4.78 is 38.2. The summed E-state index contributed by atoms with van der Waals surface area (Å²) >= 11 is 0.